The molecule has 0 bridgehead atoms. The second-order valence-corrected chi connectivity index (χ2v) is 4.67. The molecule has 1 aromatic rings. The maximum Gasteiger partial charge on any atom is 0.0543 e. The molecule has 1 heterocycles. The van der Waals surface area contributed by atoms with Crippen LogP contribution < -0.4 is 5.32 Å². The molecule has 0 spiro atoms. The summed E-state index contributed by atoms with van der Waals surface area (Å²) in [6.45, 7) is 2.12. The Labute approximate surface area is 104 Å². The monoisotopic (exact) mass is 239 g/mol. The number of ether oxygens (including phenoxy) is 1. The van der Waals surface area contributed by atoms with Crippen molar-refractivity contribution >= 4 is 0 Å². The Bertz CT molecular complexity index is 311. The summed E-state index contributed by atoms with van der Waals surface area (Å²) >= 11 is 0. The van der Waals surface area contributed by atoms with Crippen LogP contribution in [0.15, 0.2) is 12.4 Å². The average Bonchev–Trinajstić information content (AvgIpc) is 2.75. The third-order valence-electron chi connectivity index (χ3n) is 3.27. The molecule has 0 saturated heterocycles. The zero-order chi connectivity index (χ0) is 12.7. The lowest BCUT2D eigenvalue weighted by molar-refractivity contribution is 0.106. The van der Waals surface area contributed by atoms with Crippen molar-refractivity contribution in [2.75, 3.05) is 14.2 Å². The Morgan fingerprint density at radius 3 is 2.71 bits per heavy atom. The number of methoxy groups -OCH3 is 1. The van der Waals surface area contributed by atoms with Gasteiger partial charge in [-0.3, -0.25) is 4.68 Å². The number of aromatic nitrogens is 2. The first-order valence-corrected chi connectivity index (χ1v) is 6.33. The first-order valence-electron chi connectivity index (χ1n) is 6.33. The molecular formula is C13H25N3O. The molecular weight excluding hydrogens is 214 g/mol. The smallest absolute Gasteiger partial charge is 0.0543 e. The quantitative estimate of drug-likeness (QED) is 0.751. The second kappa shape index (κ2) is 7.45. The van der Waals surface area contributed by atoms with Crippen LogP contribution in [0.1, 0.15) is 31.7 Å². The fourth-order valence-corrected chi connectivity index (χ4v) is 1.93. The SMILES string of the molecule is CNC(CCc1cnn(C)c1)CCC(C)OC. The van der Waals surface area contributed by atoms with Crippen LogP contribution in [0.3, 0.4) is 0 Å². The van der Waals surface area contributed by atoms with E-state index in [-0.39, 0.29) is 0 Å². The van der Waals surface area contributed by atoms with Crippen LogP contribution in [0.2, 0.25) is 0 Å². The second-order valence-electron chi connectivity index (χ2n) is 4.67. The van der Waals surface area contributed by atoms with E-state index in [4.69, 9.17) is 4.74 Å². The van der Waals surface area contributed by atoms with Gasteiger partial charge in [0.2, 0.25) is 0 Å². The summed E-state index contributed by atoms with van der Waals surface area (Å²) in [4.78, 5) is 0. The van der Waals surface area contributed by atoms with Crippen LogP contribution in [0, 0.1) is 0 Å². The maximum atomic E-state index is 5.27. The number of rotatable bonds is 8. The van der Waals surface area contributed by atoms with Gasteiger partial charge in [-0.2, -0.15) is 5.10 Å². The van der Waals surface area contributed by atoms with E-state index in [0.29, 0.717) is 12.1 Å². The predicted molar refractivity (Wildman–Crippen MR) is 70.1 cm³/mol. The summed E-state index contributed by atoms with van der Waals surface area (Å²) in [6.07, 6.45) is 8.89. The molecule has 0 aliphatic rings. The Morgan fingerprint density at radius 1 is 1.41 bits per heavy atom. The van der Waals surface area contributed by atoms with Gasteiger partial charge in [-0.05, 0) is 45.2 Å². The molecule has 0 aromatic carbocycles. The predicted octanol–water partition coefficient (Wildman–Crippen LogP) is 1.76. The van der Waals surface area contributed by atoms with Crippen LogP contribution in [-0.2, 0) is 18.2 Å². The molecule has 4 heteroatoms. The lowest BCUT2D eigenvalue weighted by Crippen LogP contribution is -2.27. The molecule has 0 aliphatic carbocycles. The van der Waals surface area contributed by atoms with Crippen LogP contribution in [0.5, 0.6) is 0 Å². The third kappa shape index (κ3) is 5.33. The van der Waals surface area contributed by atoms with Crippen molar-refractivity contribution in [1.82, 2.24) is 15.1 Å². The summed E-state index contributed by atoms with van der Waals surface area (Å²) < 4.78 is 7.13. The van der Waals surface area contributed by atoms with Gasteiger partial charge in [0.15, 0.2) is 0 Å². The van der Waals surface area contributed by atoms with Gasteiger partial charge >= 0.3 is 0 Å². The summed E-state index contributed by atoms with van der Waals surface area (Å²) in [7, 11) is 5.76. The van der Waals surface area contributed by atoms with Crippen molar-refractivity contribution in [1.29, 1.82) is 0 Å². The van der Waals surface area contributed by atoms with E-state index in [1.54, 1.807) is 7.11 Å². The van der Waals surface area contributed by atoms with Crippen LogP contribution in [-0.4, -0.2) is 36.1 Å². The first kappa shape index (κ1) is 14.2. The highest BCUT2D eigenvalue weighted by molar-refractivity contribution is 5.03. The van der Waals surface area contributed by atoms with Crippen LogP contribution in [0.25, 0.3) is 0 Å². The molecule has 0 amide bonds. The lowest BCUT2D eigenvalue weighted by Gasteiger charge is -2.17. The highest BCUT2D eigenvalue weighted by Gasteiger charge is 2.09. The number of hydrogen-bond acceptors (Lipinski definition) is 3. The largest absolute Gasteiger partial charge is 0.382 e. The van der Waals surface area contributed by atoms with Crippen molar-refractivity contribution in [3.63, 3.8) is 0 Å². The van der Waals surface area contributed by atoms with Crippen molar-refractivity contribution in [2.24, 2.45) is 7.05 Å². The normalized spacial score (nSPS) is 14.8. The number of hydrogen-bond donors (Lipinski definition) is 1. The van der Waals surface area contributed by atoms with Gasteiger partial charge in [-0.15, -0.1) is 0 Å². The van der Waals surface area contributed by atoms with Gasteiger partial charge in [-0.1, -0.05) is 0 Å². The summed E-state index contributed by atoms with van der Waals surface area (Å²) in [5.74, 6) is 0. The number of nitrogens with one attached hydrogen (secondary N) is 1. The third-order valence-corrected chi connectivity index (χ3v) is 3.27. The topological polar surface area (TPSA) is 39.1 Å². The highest BCUT2D eigenvalue weighted by atomic mass is 16.5. The average molecular weight is 239 g/mol. The molecule has 1 N–H and O–H groups in total. The van der Waals surface area contributed by atoms with E-state index in [1.807, 2.05) is 25.0 Å². The van der Waals surface area contributed by atoms with E-state index >= 15 is 0 Å². The fourth-order valence-electron chi connectivity index (χ4n) is 1.93. The summed E-state index contributed by atoms with van der Waals surface area (Å²) in [6, 6.07) is 0.563. The summed E-state index contributed by atoms with van der Waals surface area (Å²) in [5.41, 5.74) is 1.31. The van der Waals surface area contributed by atoms with Crippen molar-refractivity contribution in [3.8, 4) is 0 Å². The van der Waals surface area contributed by atoms with Gasteiger partial charge < -0.3 is 10.1 Å². The molecule has 2 atom stereocenters. The molecule has 17 heavy (non-hydrogen) atoms. The molecule has 4 nitrogen and oxygen atoms in total. The highest BCUT2D eigenvalue weighted by Crippen LogP contribution is 2.10. The van der Waals surface area contributed by atoms with E-state index in [2.05, 4.69) is 23.5 Å². The molecule has 0 radical (unpaired) electrons. The van der Waals surface area contributed by atoms with Gasteiger partial charge in [-0.25, -0.2) is 0 Å². The number of aryl methyl sites for hydroxylation is 2. The lowest BCUT2D eigenvalue weighted by atomic mass is 10.0. The van der Waals surface area contributed by atoms with E-state index in [9.17, 15) is 0 Å². The molecule has 98 valence electrons. The summed E-state index contributed by atoms with van der Waals surface area (Å²) in [5, 5.41) is 7.56. The van der Waals surface area contributed by atoms with Gasteiger partial charge in [0.25, 0.3) is 0 Å². The minimum Gasteiger partial charge on any atom is -0.382 e. The van der Waals surface area contributed by atoms with Crippen molar-refractivity contribution < 1.29 is 4.74 Å². The molecule has 1 aromatic heterocycles. The fraction of sp³-hybridized carbons (Fsp3) is 0.769. The van der Waals surface area contributed by atoms with Gasteiger partial charge in [0.05, 0.1) is 12.3 Å². The van der Waals surface area contributed by atoms with E-state index in [1.165, 1.54) is 5.56 Å². The Morgan fingerprint density at radius 2 is 2.18 bits per heavy atom. The van der Waals surface area contributed by atoms with Gasteiger partial charge in [0, 0.05) is 26.4 Å². The van der Waals surface area contributed by atoms with Crippen molar-refractivity contribution in [2.45, 2.75) is 44.8 Å². The molecule has 2 unspecified atom stereocenters. The molecule has 0 aliphatic heterocycles. The van der Waals surface area contributed by atoms with Crippen molar-refractivity contribution in [3.05, 3.63) is 18.0 Å². The van der Waals surface area contributed by atoms with Gasteiger partial charge in [0.1, 0.15) is 0 Å². The van der Waals surface area contributed by atoms with Crippen LogP contribution in [0.4, 0.5) is 0 Å². The maximum absolute atomic E-state index is 5.27. The van der Waals surface area contributed by atoms with E-state index in [0.717, 1.165) is 25.7 Å². The standard InChI is InChI=1S/C13H25N3O/c1-11(17-4)5-7-13(14-2)8-6-12-9-15-16(3)10-12/h9-11,13-14H,5-8H2,1-4H3. The Hall–Kier alpha value is -0.870. The first-order chi connectivity index (χ1) is 8.15. The zero-order valence-electron chi connectivity index (χ0n) is 11.4. The van der Waals surface area contributed by atoms with Crippen LogP contribution >= 0.6 is 0 Å². The molecule has 1 rings (SSSR count). The Kier molecular flexibility index (Phi) is 6.22. The Balaban J connectivity index is 2.27. The molecule has 0 saturated carbocycles. The minimum atomic E-state index is 0.351. The molecule has 0 fully saturated rings. The minimum absolute atomic E-state index is 0.351. The number of nitrogens with zero attached hydrogens (tertiary/aromatic N) is 2. The van der Waals surface area contributed by atoms with E-state index < -0.39 is 0 Å². The zero-order valence-corrected chi connectivity index (χ0v) is 11.4.